The number of nitrogens with zero attached hydrogens (tertiary/aromatic N) is 1. The maximum absolute atomic E-state index is 14.1. The molecule has 1 aliphatic carbocycles. The molecule has 0 saturated heterocycles. The Morgan fingerprint density at radius 2 is 1.88 bits per heavy atom. The third kappa shape index (κ3) is 3.57. The molecule has 7 heteroatoms. The molecule has 1 saturated carbocycles. The first-order valence-electron chi connectivity index (χ1n) is 8.92. The SMILES string of the molecule is CC(=O)Nc1ccc2[nH]c(=O)n(C3CCC(C(C)(C)F)CC3)c(=O)c2c1. The molecule has 0 aliphatic heterocycles. The minimum absolute atomic E-state index is 0.0552. The molecule has 2 aromatic rings. The molecule has 2 N–H and O–H groups in total. The van der Waals surface area contributed by atoms with E-state index in [4.69, 9.17) is 0 Å². The van der Waals surface area contributed by atoms with E-state index in [2.05, 4.69) is 10.3 Å². The van der Waals surface area contributed by atoms with E-state index in [1.54, 1.807) is 32.0 Å². The highest BCUT2D eigenvalue weighted by Gasteiger charge is 2.34. The summed E-state index contributed by atoms with van der Waals surface area (Å²) in [4.78, 5) is 39.3. The number of anilines is 1. The summed E-state index contributed by atoms with van der Waals surface area (Å²) in [5, 5.41) is 2.99. The van der Waals surface area contributed by atoms with Gasteiger partial charge in [-0.25, -0.2) is 9.18 Å². The maximum atomic E-state index is 14.1. The highest BCUT2D eigenvalue weighted by atomic mass is 19.1. The predicted octanol–water partition coefficient (Wildman–Crippen LogP) is 3.13. The number of hydrogen-bond donors (Lipinski definition) is 2. The molecule has 0 unspecified atom stereocenters. The van der Waals surface area contributed by atoms with Crippen molar-refractivity contribution in [3.8, 4) is 0 Å². The summed E-state index contributed by atoms with van der Waals surface area (Å²) in [6.45, 7) is 4.55. The fourth-order valence-corrected chi connectivity index (χ4v) is 3.86. The van der Waals surface area contributed by atoms with Crippen LogP contribution in [0.4, 0.5) is 10.1 Å². The summed E-state index contributed by atoms with van der Waals surface area (Å²) < 4.78 is 15.4. The molecule has 0 radical (unpaired) electrons. The Labute approximate surface area is 150 Å². The smallest absolute Gasteiger partial charge is 0.326 e. The normalized spacial score (nSPS) is 20.9. The zero-order valence-corrected chi connectivity index (χ0v) is 15.3. The molecule has 1 heterocycles. The summed E-state index contributed by atoms with van der Waals surface area (Å²) >= 11 is 0. The molecule has 1 aromatic heterocycles. The first kappa shape index (κ1) is 18.4. The van der Waals surface area contributed by atoms with Gasteiger partial charge in [0.05, 0.1) is 10.9 Å². The highest BCUT2D eigenvalue weighted by molar-refractivity contribution is 5.91. The Bertz CT molecular complexity index is 947. The minimum Gasteiger partial charge on any atom is -0.326 e. The molecule has 1 amide bonds. The van der Waals surface area contributed by atoms with E-state index in [0.29, 0.717) is 42.3 Å². The lowest BCUT2D eigenvalue weighted by Crippen LogP contribution is -2.40. The number of aromatic amines is 1. The van der Waals surface area contributed by atoms with E-state index >= 15 is 0 Å². The number of carbonyl (C=O) groups excluding carboxylic acids is 1. The average molecular weight is 361 g/mol. The average Bonchev–Trinajstić information content (AvgIpc) is 2.55. The van der Waals surface area contributed by atoms with E-state index in [1.165, 1.54) is 11.5 Å². The van der Waals surface area contributed by atoms with Gasteiger partial charge in [-0.05, 0) is 63.6 Å². The molecule has 1 aliphatic rings. The van der Waals surface area contributed by atoms with Crippen LogP contribution in [0.3, 0.4) is 0 Å². The van der Waals surface area contributed by atoms with E-state index in [1.807, 2.05) is 0 Å². The first-order valence-corrected chi connectivity index (χ1v) is 8.92. The molecule has 0 spiro atoms. The molecule has 140 valence electrons. The number of nitrogens with one attached hydrogen (secondary N) is 2. The number of aromatic nitrogens is 2. The van der Waals surface area contributed by atoms with Gasteiger partial charge in [0.2, 0.25) is 5.91 Å². The van der Waals surface area contributed by atoms with E-state index in [-0.39, 0.29) is 23.4 Å². The van der Waals surface area contributed by atoms with Gasteiger partial charge in [0.15, 0.2) is 0 Å². The lowest BCUT2D eigenvalue weighted by molar-refractivity contribution is -0.114. The van der Waals surface area contributed by atoms with Gasteiger partial charge in [-0.3, -0.25) is 14.2 Å². The van der Waals surface area contributed by atoms with Crippen LogP contribution in [0.25, 0.3) is 10.9 Å². The maximum Gasteiger partial charge on any atom is 0.329 e. The lowest BCUT2D eigenvalue weighted by Gasteiger charge is -2.34. The molecule has 6 nitrogen and oxygen atoms in total. The Balaban J connectivity index is 1.97. The van der Waals surface area contributed by atoms with Crippen molar-refractivity contribution in [2.24, 2.45) is 5.92 Å². The summed E-state index contributed by atoms with van der Waals surface area (Å²) in [6, 6.07) is 4.58. The standard InChI is InChI=1S/C19H24FN3O3/c1-11(24)21-13-6-9-16-15(10-13)17(25)23(18(26)22-16)14-7-4-12(5-8-14)19(2,3)20/h6,9-10,12,14H,4-5,7-8H2,1-3H3,(H,21,24)(H,22,26). The Morgan fingerprint density at radius 1 is 1.23 bits per heavy atom. The summed E-state index contributed by atoms with van der Waals surface area (Å²) in [5.74, 6) is -0.290. The Kier molecular flexibility index (Phi) is 4.73. The fraction of sp³-hybridized carbons (Fsp3) is 0.526. The van der Waals surface area contributed by atoms with Crippen molar-refractivity contribution in [3.63, 3.8) is 0 Å². The second-order valence-corrected chi connectivity index (χ2v) is 7.62. The van der Waals surface area contributed by atoms with Crippen LogP contribution < -0.4 is 16.6 Å². The Morgan fingerprint density at radius 3 is 2.46 bits per heavy atom. The van der Waals surface area contributed by atoms with Crippen molar-refractivity contribution < 1.29 is 9.18 Å². The van der Waals surface area contributed by atoms with Crippen LogP contribution in [0.15, 0.2) is 27.8 Å². The first-order chi connectivity index (χ1) is 12.2. The molecule has 26 heavy (non-hydrogen) atoms. The van der Waals surface area contributed by atoms with Crippen molar-refractivity contribution >= 4 is 22.5 Å². The monoisotopic (exact) mass is 361 g/mol. The van der Waals surface area contributed by atoms with Crippen LogP contribution >= 0.6 is 0 Å². The van der Waals surface area contributed by atoms with Crippen molar-refractivity contribution in [2.45, 2.75) is 58.2 Å². The van der Waals surface area contributed by atoms with Gasteiger partial charge in [0.25, 0.3) is 5.56 Å². The number of H-pyrrole nitrogens is 1. The molecular weight excluding hydrogens is 337 g/mol. The van der Waals surface area contributed by atoms with E-state index in [0.717, 1.165) is 0 Å². The number of alkyl halides is 1. The fourth-order valence-electron chi connectivity index (χ4n) is 3.86. The number of amides is 1. The van der Waals surface area contributed by atoms with E-state index in [9.17, 15) is 18.8 Å². The van der Waals surface area contributed by atoms with Gasteiger partial charge in [0.1, 0.15) is 5.67 Å². The van der Waals surface area contributed by atoms with Crippen LogP contribution in [0.2, 0.25) is 0 Å². The third-order valence-electron chi connectivity index (χ3n) is 5.28. The second-order valence-electron chi connectivity index (χ2n) is 7.62. The summed E-state index contributed by atoms with van der Waals surface area (Å²) in [5.41, 5.74) is -1.14. The van der Waals surface area contributed by atoms with E-state index < -0.39 is 11.4 Å². The van der Waals surface area contributed by atoms with Gasteiger partial charge >= 0.3 is 5.69 Å². The zero-order valence-electron chi connectivity index (χ0n) is 15.3. The summed E-state index contributed by atoms with van der Waals surface area (Å²) in [7, 11) is 0. The van der Waals surface area contributed by atoms with Gasteiger partial charge in [-0.1, -0.05) is 0 Å². The quantitative estimate of drug-likeness (QED) is 0.881. The summed E-state index contributed by atoms with van der Waals surface area (Å²) in [6.07, 6.45) is 2.48. The highest BCUT2D eigenvalue weighted by Crippen LogP contribution is 2.38. The van der Waals surface area contributed by atoms with Crippen molar-refractivity contribution in [2.75, 3.05) is 5.32 Å². The van der Waals surface area contributed by atoms with Crippen LogP contribution in [-0.4, -0.2) is 21.1 Å². The molecular formula is C19H24FN3O3. The number of benzene rings is 1. The van der Waals surface area contributed by atoms with Crippen LogP contribution in [0, 0.1) is 5.92 Å². The Hall–Kier alpha value is -2.44. The third-order valence-corrected chi connectivity index (χ3v) is 5.28. The number of carbonyl (C=O) groups is 1. The number of rotatable bonds is 3. The largest absolute Gasteiger partial charge is 0.329 e. The van der Waals surface area contributed by atoms with Gasteiger partial charge in [-0.15, -0.1) is 0 Å². The van der Waals surface area contributed by atoms with Crippen molar-refractivity contribution in [1.82, 2.24) is 9.55 Å². The van der Waals surface area contributed by atoms with Crippen LogP contribution in [-0.2, 0) is 4.79 Å². The van der Waals surface area contributed by atoms with Crippen LogP contribution in [0.5, 0.6) is 0 Å². The number of fused-ring (bicyclic) bond motifs is 1. The predicted molar refractivity (Wildman–Crippen MR) is 99.3 cm³/mol. The molecule has 1 aromatic carbocycles. The number of hydrogen-bond acceptors (Lipinski definition) is 3. The molecule has 0 bridgehead atoms. The minimum atomic E-state index is -1.25. The van der Waals surface area contributed by atoms with Gasteiger partial charge in [0, 0.05) is 18.7 Å². The van der Waals surface area contributed by atoms with Crippen molar-refractivity contribution in [3.05, 3.63) is 39.0 Å². The van der Waals surface area contributed by atoms with Gasteiger partial charge < -0.3 is 10.3 Å². The van der Waals surface area contributed by atoms with Crippen molar-refractivity contribution in [1.29, 1.82) is 0 Å². The second kappa shape index (κ2) is 6.70. The van der Waals surface area contributed by atoms with Crippen LogP contribution in [0.1, 0.15) is 52.5 Å². The molecule has 3 rings (SSSR count). The van der Waals surface area contributed by atoms with Gasteiger partial charge in [-0.2, -0.15) is 0 Å². The lowest BCUT2D eigenvalue weighted by atomic mass is 9.78. The zero-order chi connectivity index (χ0) is 19.1. The topological polar surface area (TPSA) is 84.0 Å². The molecule has 0 atom stereocenters. The molecule has 1 fully saturated rings. The number of halogens is 1.